The second kappa shape index (κ2) is 8.84. The smallest absolute Gasteiger partial charge is 0.381 e. The number of hydrogen-bond donors (Lipinski definition) is 2. The largest absolute Gasteiger partial charge is 0.416 e. The van der Waals surface area contributed by atoms with Crippen molar-refractivity contribution in [2.24, 2.45) is 0 Å². The molecule has 34 heavy (non-hydrogen) atoms. The first kappa shape index (κ1) is 23.9. The molecule has 3 aromatic rings. The molecule has 2 aromatic carbocycles. The highest BCUT2D eigenvalue weighted by Crippen LogP contribution is 2.32. The molecule has 0 radical (unpaired) electrons. The summed E-state index contributed by atoms with van der Waals surface area (Å²) in [6, 6.07) is 9.42. The predicted molar refractivity (Wildman–Crippen MR) is 117 cm³/mol. The minimum absolute atomic E-state index is 0.0102. The summed E-state index contributed by atoms with van der Waals surface area (Å²) in [5.74, 6) is -1.31. The number of benzene rings is 2. The molecule has 0 spiro atoms. The van der Waals surface area contributed by atoms with Gasteiger partial charge in [0.1, 0.15) is 0 Å². The number of nitrogen functional groups attached to an aromatic ring is 1. The van der Waals surface area contributed by atoms with Gasteiger partial charge in [0, 0.05) is 18.3 Å². The minimum Gasteiger partial charge on any atom is -0.381 e. The Morgan fingerprint density at radius 1 is 1.00 bits per heavy atom. The monoisotopic (exact) mass is 496 g/mol. The van der Waals surface area contributed by atoms with E-state index in [4.69, 9.17) is 5.73 Å². The number of hydrogen-bond acceptors (Lipinski definition) is 5. The Balaban J connectivity index is 1.45. The lowest BCUT2D eigenvalue weighted by Gasteiger charge is -2.16. The number of nitrogens with two attached hydrogens (primary N) is 1. The average molecular weight is 496 g/mol. The summed E-state index contributed by atoms with van der Waals surface area (Å²) in [5, 5.41) is 0. The molecule has 0 saturated heterocycles. The standard InChI is InChI=1S/C22H20F4N4O3S/c23-19-12-30(21(31)28-20(19)27)17-8-7-16(11-17)29-34(32,33)18-9-3-14(4-10-18)13-1-5-15(6-2-13)22(24,25)26/h1-6,9-10,12,16-17,29H,7-8,11H2,(H2,27,28,31)/t16-,17-/m0/s1. The maximum Gasteiger partial charge on any atom is 0.416 e. The molecule has 0 amide bonds. The van der Waals surface area contributed by atoms with Crippen molar-refractivity contribution in [3.05, 3.63) is 76.6 Å². The van der Waals surface area contributed by atoms with E-state index in [1.165, 1.54) is 36.4 Å². The lowest BCUT2D eigenvalue weighted by molar-refractivity contribution is -0.137. The van der Waals surface area contributed by atoms with Crippen LogP contribution in [0.2, 0.25) is 0 Å². The molecular formula is C22H20F4N4O3S. The van der Waals surface area contributed by atoms with Crippen molar-refractivity contribution in [1.29, 1.82) is 0 Å². The van der Waals surface area contributed by atoms with Crippen molar-refractivity contribution in [2.45, 2.75) is 42.4 Å². The molecule has 4 rings (SSSR count). The number of nitrogens with zero attached hydrogens (tertiary/aromatic N) is 2. The van der Waals surface area contributed by atoms with Gasteiger partial charge in [-0.1, -0.05) is 24.3 Å². The summed E-state index contributed by atoms with van der Waals surface area (Å²) in [6.45, 7) is 0. The van der Waals surface area contributed by atoms with Crippen LogP contribution in [-0.4, -0.2) is 24.0 Å². The topological polar surface area (TPSA) is 107 Å². The Labute approximate surface area is 192 Å². The number of anilines is 1. The number of alkyl halides is 3. The van der Waals surface area contributed by atoms with Gasteiger partial charge >= 0.3 is 11.9 Å². The van der Waals surface area contributed by atoms with Gasteiger partial charge < -0.3 is 5.73 Å². The Kier molecular flexibility index (Phi) is 6.21. The summed E-state index contributed by atoms with van der Waals surface area (Å²) in [7, 11) is -3.90. The fraction of sp³-hybridized carbons (Fsp3) is 0.273. The van der Waals surface area contributed by atoms with E-state index >= 15 is 0 Å². The first-order valence-corrected chi connectivity index (χ1v) is 11.8. The van der Waals surface area contributed by atoms with Crippen molar-refractivity contribution in [3.63, 3.8) is 0 Å². The molecule has 3 N–H and O–H groups in total. The molecule has 180 valence electrons. The van der Waals surface area contributed by atoms with Gasteiger partial charge in [0.15, 0.2) is 11.6 Å². The van der Waals surface area contributed by atoms with Crippen molar-refractivity contribution >= 4 is 15.8 Å². The molecule has 1 heterocycles. The van der Waals surface area contributed by atoms with Gasteiger partial charge in [0.2, 0.25) is 10.0 Å². The molecule has 1 saturated carbocycles. The highest BCUT2D eigenvalue weighted by atomic mass is 32.2. The molecule has 7 nitrogen and oxygen atoms in total. The fourth-order valence-electron chi connectivity index (χ4n) is 4.00. The van der Waals surface area contributed by atoms with Crippen molar-refractivity contribution in [2.75, 3.05) is 5.73 Å². The van der Waals surface area contributed by atoms with Crippen molar-refractivity contribution in [3.8, 4) is 11.1 Å². The SMILES string of the molecule is Nc1nc(=O)n([C@H]2CC[C@H](NS(=O)(=O)c3ccc(-c4ccc(C(F)(F)F)cc4)cc3)C2)cc1F. The third-order valence-electron chi connectivity index (χ3n) is 5.76. The summed E-state index contributed by atoms with van der Waals surface area (Å²) < 4.78 is 81.2. The van der Waals surface area contributed by atoms with E-state index in [1.807, 2.05) is 0 Å². The van der Waals surface area contributed by atoms with Crippen molar-refractivity contribution in [1.82, 2.24) is 14.3 Å². The molecule has 2 atom stereocenters. The first-order valence-electron chi connectivity index (χ1n) is 10.3. The van der Waals surface area contributed by atoms with Crippen LogP contribution >= 0.6 is 0 Å². The van der Waals surface area contributed by atoms with Gasteiger partial charge in [-0.3, -0.25) is 4.57 Å². The Morgan fingerprint density at radius 2 is 1.59 bits per heavy atom. The molecule has 0 bridgehead atoms. The maximum atomic E-state index is 13.7. The van der Waals surface area contributed by atoms with E-state index in [0.717, 1.165) is 22.9 Å². The molecule has 0 unspecified atom stereocenters. The highest BCUT2D eigenvalue weighted by molar-refractivity contribution is 7.89. The molecule has 1 aliphatic carbocycles. The Hall–Kier alpha value is -3.25. The van der Waals surface area contributed by atoms with Crippen LogP contribution in [0.1, 0.15) is 30.9 Å². The normalized spacial score (nSPS) is 18.8. The van der Waals surface area contributed by atoms with E-state index in [9.17, 15) is 30.8 Å². The van der Waals surface area contributed by atoms with E-state index in [-0.39, 0.29) is 11.3 Å². The summed E-state index contributed by atoms with van der Waals surface area (Å²) in [5.41, 5.74) is 4.90. The maximum absolute atomic E-state index is 13.7. The quantitative estimate of drug-likeness (QED) is 0.524. The zero-order valence-electron chi connectivity index (χ0n) is 17.6. The Morgan fingerprint density at radius 3 is 2.18 bits per heavy atom. The van der Waals surface area contributed by atoms with Gasteiger partial charge in [-0.2, -0.15) is 18.2 Å². The number of sulfonamides is 1. The van der Waals surface area contributed by atoms with Crippen LogP contribution in [0, 0.1) is 5.82 Å². The van der Waals surface area contributed by atoms with E-state index in [2.05, 4.69) is 9.71 Å². The van der Waals surface area contributed by atoms with E-state index in [0.29, 0.717) is 24.0 Å². The number of halogens is 4. The molecule has 12 heteroatoms. The van der Waals surface area contributed by atoms with E-state index < -0.39 is 51.2 Å². The zero-order chi connectivity index (χ0) is 24.7. The number of aromatic nitrogens is 2. The zero-order valence-corrected chi connectivity index (χ0v) is 18.4. The third kappa shape index (κ3) is 4.97. The van der Waals surface area contributed by atoms with Crippen LogP contribution in [0.3, 0.4) is 0 Å². The van der Waals surface area contributed by atoms with Crippen LogP contribution in [-0.2, 0) is 16.2 Å². The minimum atomic E-state index is -4.44. The van der Waals surface area contributed by atoms with Crippen LogP contribution < -0.4 is 16.1 Å². The second-order valence-corrected chi connectivity index (χ2v) is 9.76. The number of rotatable bonds is 5. The number of nitrogens with one attached hydrogen (secondary N) is 1. The summed E-state index contributed by atoms with van der Waals surface area (Å²) >= 11 is 0. The summed E-state index contributed by atoms with van der Waals surface area (Å²) in [6.07, 6.45) is -2.30. The summed E-state index contributed by atoms with van der Waals surface area (Å²) in [4.78, 5) is 15.4. The van der Waals surface area contributed by atoms with Crippen molar-refractivity contribution < 1.29 is 26.0 Å². The van der Waals surface area contributed by atoms with E-state index in [1.54, 1.807) is 0 Å². The second-order valence-electron chi connectivity index (χ2n) is 8.05. The Bertz CT molecular complexity index is 1350. The first-order chi connectivity index (χ1) is 15.9. The molecular weight excluding hydrogens is 476 g/mol. The molecule has 1 aliphatic rings. The molecule has 1 aromatic heterocycles. The van der Waals surface area contributed by atoms with Crippen LogP contribution in [0.25, 0.3) is 11.1 Å². The lowest BCUT2D eigenvalue weighted by atomic mass is 10.0. The van der Waals surface area contributed by atoms with Crippen LogP contribution in [0.15, 0.2) is 64.4 Å². The van der Waals surface area contributed by atoms with Gasteiger partial charge in [-0.05, 0) is 54.7 Å². The van der Waals surface area contributed by atoms with Gasteiger partial charge in [-0.25, -0.2) is 22.3 Å². The third-order valence-corrected chi connectivity index (χ3v) is 7.30. The lowest BCUT2D eigenvalue weighted by Crippen LogP contribution is -2.34. The average Bonchev–Trinajstić information content (AvgIpc) is 3.23. The van der Waals surface area contributed by atoms with Crippen LogP contribution in [0.5, 0.6) is 0 Å². The highest BCUT2D eigenvalue weighted by Gasteiger charge is 2.31. The van der Waals surface area contributed by atoms with Gasteiger partial charge in [0.05, 0.1) is 10.5 Å². The molecule has 1 fully saturated rings. The predicted octanol–water partition coefficient (Wildman–Crippen LogP) is 3.72. The fourth-order valence-corrected chi connectivity index (χ4v) is 5.29. The van der Waals surface area contributed by atoms with Gasteiger partial charge in [0.25, 0.3) is 0 Å². The van der Waals surface area contributed by atoms with Crippen LogP contribution in [0.4, 0.5) is 23.4 Å². The van der Waals surface area contributed by atoms with Gasteiger partial charge in [-0.15, -0.1) is 0 Å². The molecule has 0 aliphatic heterocycles.